The van der Waals surface area contributed by atoms with Gasteiger partial charge in [-0.15, -0.1) is 0 Å². The van der Waals surface area contributed by atoms with Crippen molar-refractivity contribution >= 4 is 17.0 Å². The van der Waals surface area contributed by atoms with Crippen LogP contribution in [0.25, 0.3) is 11.2 Å². The molecule has 0 aliphatic heterocycles. The number of aromatic nitrogens is 4. The van der Waals surface area contributed by atoms with Gasteiger partial charge in [0.15, 0.2) is 11.5 Å². The van der Waals surface area contributed by atoms with Gasteiger partial charge in [-0.2, -0.15) is 0 Å². The molecule has 6 heteroatoms. The average Bonchev–Trinajstić information content (AvgIpc) is 2.74. The van der Waals surface area contributed by atoms with Crippen LogP contribution >= 0.6 is 0 Å². The fourth-order valence-electron chi connectivity index (χ4n) is 1.84. The Hall–Kier alpha value is -1.69. The fourth-order valence-corrected chi connectivity index (χ4v) is 1.84. The monoisotopic (exact) mass is 234 g/mol. The van der Waals surface area contributed by atoms with E-state index in [1.54, 1.807) is 6.33 Å². The van der Waals surface area contributed by atoms with Gasteiger partial charge in [-0.25, -0.2) is 15.0 Å². The average molecular weight is 234 g/mol. The topological polar surface area (TPSA) is 95.6 Å². The highest BCUT2D eigenvalue weighted by atomic mass is 15.1. The minimum atomic E-state index is 0.442. The Morgan fingerprint density at radius 2 is 1.88 bits per heavy atom. The molecule has 6 nitrogen and oxygen atoms in total. The van der Waals surface area contributed by atoms with Crippen molar-refractivity contribution in [3.05, 3.63) is 12.7 Å². The minimum absolute atomic E-state index is 0.442. The summed E-state index contributed by atoms with van der Waals surface area (Å²) >= 11 is 0. The molecule has 0 spiro atoms. The largest absolute Gasteiger partial charge is 0.382 e. The standard InChI is InChI=1S/C11H18N6/c12-5-3-1-2-4-6-17-8-16-9-10(13)14-7-15-11(9)17/h7-8H,1-6,12H2,(H2,13,14,15). The maximum atomic E-state index is 5.72. The second-order valence-electron chi connectivity index (χ2n) is 4.07. The van der Waals surface area contributed by atoms with Crippen molar-refractivity contribution < 1.29 is 0 Å². The van der Waals surface area contributed by atoms with Crippen molar-refractivity contribution in [3.63, 3.8) is 0 Å². The Balaban J connectivity index is 1.97. The number of imidazole rings is 1. The van der Waals surface area contributed by atoms with Crippen LogP contribution in [0.1, 0.15) is 25.7 Å². The lowest BCUT2D eigenvalue weighted by atomic mass is 10.2. The summed E-state index contributed by atoms with van der Waals surface area (Å²) in [6.45, 7) is 1.69. The molecule has 2 aromatic rings. The highest BCUT2D eigenvalue weighted by Crippen LogP contribution is 2.14. The molecule has 0 atom stereocenters. The van der Waals surface area contributed by atoms with E-state index in [9.17, 15) is 0 Å². The van der Waals surface area contributed by atoms with E-state index in [0.717, 1.165) is 31.6 Å². The van der Waals surface area contributed by atoms with Crippen molar-refractivity contribution in [2.75, 3.05) is 12.3 Å². The van der Waals surface area contributed by atoms with Gasteiger partial charge in [0.25, 0.3) is 0 Å². The molecule has 0 aromatic carbocycles. The maximum absolute atomic E-state index is 5.72. The molecule has 0 radical (unpaired) electrons. The van der Waals surface area contributed by atoms with Gasteiger partial charge in [0, 0.05) is 6.54 Å². The number of unbranched alkanes of at least 4 members (excludes halogenated alkanes) is 3. The molecule has 2 rings (SSSR count). The number of nitrogens with zero attached hydrogens (tertiary/aromatic N) is 4. The van der Waals surface area contributed by atoms with E-state index in [2.05, 4.69) is 15.0 Å². The summed E-state index contributed by atoms with van der Waals surface area (Å²) in [5.41, 5.74) is 12.7. The van der Waals surface area contributed by atoms with Crippen LogP contribution < -0.4 is 11.5 Å². The molecular weight excluding hydrogens is 216 g/mol. The third kappa shape index (κ3) is 2.71. The summed E-state index contributed by atoms with van der Waals surface area (Å²) in [4.78, 5) is 12.4. The number of fused-ring (bicyclic) bond motifs is 1. The number of aryl methyl sites for hydroxylation is 1. The Labute approximate surface area is 100 Å². The van der Waals surface area contributed by atoms with E-state index < -0.39 is 0 Å². The molecule has 0 saturated heterocycles. The number of anilines is 1. The number of rotatable bonds is 6. The van der Waals surface area contributed by atoms with Crippen LogP contribution in [0.3, 0.4) is 0 Å². The van der Waals surface area contributed by atoms with Crippen LogP contribution in [0.5, 0.6) is 0 Å². The van der Waals surface area contributed by atoms with Gasteiger partial charge in [-0.05, 0) is 19.4 Å². The Morgan fingerprint density at radius 3 is 2.71 bits per heavy atom. The van der Waals surface area contributed by atoms with Crippen molar-refractivity contribution in [2.24, 2.45) is 5.73 Å². The number of hydrogen-bond donors (Lipinski definition) is 2. The lowest BCUT2D eigenvalue weighted by Gasteiger charge is -2.03. The molecule has 0 amide bonds. The van der Waals surface area contributed by atoms with Crippen LogP contribution in [0.4, 0.5) is 5.82 Å². The minimum Gasteiger partial charge on any atom is -0.382 e. The highest BCUT2D eigenvalue weighted by molar-refractivity contribution is 5.80. The number of nitrogens with two attached hydrogens (primary N) is 2. The molecule has 0 bridgehead atoms. The third-order valence-electron chi connectivity index (χ3n) is 2.78. The lowest BCUT2D eigenvalue weighted by Crippen LogP contribution is -2.01. The van der Waals surface area contributed by atoms with Crippen molar-refractivity contribution in [2.45, 2.75) is 32.2 Å². The van der Waals surface area contributed by atoms with Gasteiger partial charge in [-0.3, -0.25) is 0 Å². The number of nitrogen functional groups attached to an aromatic ring is 1. The van der Waals surface area contributed by atoms with Gasteiger partial charge in [-0.1, -0.05) is 12.8 Å². The summed E-state index contributed by atoms with van der Waals surface area (Å²) in [5, 5.41) is 0. The predicted molar refractivity (Wildman–Crippen MR) is 67.3 cm³/mol. The second-order valence-corrected chi connectivity index (χ2v) is 4.07. The van der Waals surface area contributed by atoms with E-state index in [0.29, 0.717) is 11.3 Å². The van der Waals surface area contributed by atoms with Crippen molar-refractivity contribution in [1.29, 1.82) is 0 Å². The lowest BCUT2D eigenvalue weighted by molar-refractivity contribution is 0.580. The quantitative estimate of drug-likeness (QED) is 0.725. The van der Waals surface area contributed by atoms with Crippen molar-refractivity contribution in [3.8, 4) is 0 Å². The van der Waals surface area contributed by atoms with E-state index >= 15 is 0 Å². The molecule has 17 heavy (non-hydrogen) atoms. The third-order valence-corrected chi connectivity index (χ3v) is 2.78. The number of hydrogen-bond acceptors (Lipinski definition) is 5. The summed E-state index contributed by atoms with van der Waals surface area (Å²) in [7, 11) is 0. The molecule has 2 aromatic heterocycles. The van der Waals surface area contributed by atoms with E-state index in [4.69, 9.17) is 11.5 Å². The Bertz CT molecular complexity index is 478. The molecule has 4 N–H and O–H groups in total. The second kappa shape index (κ2) is 5.58. The predicted octanol–water partition coefficient (Wildman–Crippen LogP) is 0.928. The fraction of sp³-hybridized carbons (Fsp3) is 0.545. The van der Waals surface area contributed by atoms with Crippen LogP contribution in [0, 0.1) is 0 Å². The van der Waals surface area contributed by atoms with Crippen LogP contribution in [0.15, 0.2) is 12.7 Å². The molecule has 0 aliphatic rings. The first-order valence-electron chi connectivity index (χ1n) is 5.94. The zero-order valence-corrected chi connectivity index (χ0v) is 9.84. The van der Waals surface area contributed by atoms with E-state index in [1.165, 1.54) is 19.2 Å². The first kappa shape index (κ1) is 11.8. The van der Waals surface area contributed by atoms with E-state index in [1.807, 2.05) is 4.57 Å². The first-order chi connectivity index (χ1) is 8.33. The van der Waals surface area contributed by atoms with Crippen LogP contribution in [-0.2, 0) is 6.54 Å². The Kier molecular flexibility index (Phi) is 3.87. The summed E-state index contributed by atoms with van der Waals surface area (Å²) in [6, 6.07) is 0. The molecule has 92 valence electrons. The molecule has 0 aliphatic carbocycles. The maximum Gasteiger partial charge on any atom is 0.165 e. The van der Waals surface area contributed by atoms with Gasteiger partial charge in [0.1, 0.15) is 11.8 Å². The van der Waals surface area contributed by atoms with Gasteiger partial charge in [0.2, 0.25) is 0 Å². The molecule has 0 saturated carbocycles. The normalized spacial score (nSPS) is 11.1. The summed E-state index contributed by atoms with van der Waals surface area (Å²) < 4.78 is 2.02. The van der Waals surface area contributed by atoms with Crippen LogP contribution in [0.2, 0.25) is 0 Å². The van der Waals surface area contributed by atoms with Gasteiger partial charge in [0.05, 0.1) is 6.33 Å². The zero-order chi connectivity index (χ0) is 12.1. The van der Waals surface area contributed by atoms with Gasteiger partial charge >= 0.3 is 0 Å². The first-order valence-corrected chi connectivity index (χ1v) is 5.94. The van der Waals surface area contributed by atoms with Crippen LogP contribution in [-0.4, -0.2) is 26.1 Å². The molecule has 0 unspecified atom stereocenters. The Morgan fingerprint density at radius 1 is 1.06 bits per heavy atom. The zero-order valence-electron chi connectivity index (χ0n) is 9.84. The smallest absolute Gasteiger partial charge is 0.165 e. The SMILES string of the molecule is NCCCCCCn1cnc2c(N)ncnc21. The molecular formula is C11H18N6. The van der Waals surface area contributed by atoms with Crippen molar-refractivity contribution in [1.82, 2.24) is 19.5 Å². The summed E-state index contributed by atoms with van der Waals surface area (Å²) in [6.07, 6.45) is 7.82. The molecule has 2 heterocycles. The summed E-state index contributed by atoms with van der Waals surface area (Å²) in [5.74, 6) is 0.442. The van der Waals surface area contributed by atoms with Gasteiger partial charge < -0.3 is 16.0 Å². The highest BCUT2D eigenvalue weighted by Gasteiger charge is 2.06. The van der Waals surface area contributed by atoms with E-state index in [-0.39, 0.29) is 0 Å². The molecule has 0 fully saturated rings.